The van der Waals surface area contributed by atoms with Crippen LogP contribution in [0.2, 0.25) is 0 Å². The summed E-state index contributed by atoms with van der Waals surface area (Å²) in [5.41, 5.74) is 4.82. The monoisotopic (exact) mass is 235 g/mol. The Balaban J connectivity index is 2.08. The summed E-state index contributed by atoms with van der Waals surface area (Å²) in [6.45, 7) is 4.24. The van der Waals surface area contributed by atoms with Gasteiger partial charge >= 0.3 is 0 Å². The SMILES string of the molecule is Cc1ccc(C)c(/C=C/C=C/c2ccccn2)c1. The van der Waals surface area contributed by atoms with Crippen molar-refractivity contribution in [1.29, 1.82) is 0 Å². The summed E-state index contributed by atoms with van der Waals surface area (Å²) in [5, 5.41) is 0. The van der Waals surface area contributed by atoms with Crippen LogP contribution in [0.25, 0.3) is 12.2 Å². The molecule has 1 nitrogen and oxygen atoms in total. The molecule has 1 heterocycles. The molecule has 0 aliphatic heterocycles. The molecule has 0 unspecified atom stereocenters. The highest BCUT2D eigenvalue weighted by Crippen LogP contribution is 2.12. The minimum atomic E-state index is 0.975. The van der Waals surface area contributed by atoms with E-state index in [0.717, 1.165) is 5.69 Å². The van der Waals surface area contributed by atoms with Crippen molar-refractivity contribution in [2.24, 2.45) is 0 Å². The van der Waals surface area contributed by atoms with E-state index in [4.69, 9.17) is 0 Å². The zero-order valence-electron chi connectivity index (χ0n) is 10.8. The van der Waals surface area contributed by atoms with Crippen LogP contribution in [0.3, 0.4) is 0 Å². The summed E-state index contributed by atoms with van der Waals surface area (Å²) in [5.74, 6) is 0. The number of hydrogen-bond donors (Lipinski definition) is 0. The van der Waals surface area contributed by atoms with Crippen molar-refractivity contribution in [3.63, 3.8) is 0 Å². The van der Waals surface area contributed by atoms with Gasteiger partial charge in [-0.05, 0) is 43.2 Å². The molecule has 0 amide bonds. The van der Waals surface area contributed by atoms with Gasteiger partial charge in [0.2, 0.25) is 0 Å². The molecule has 0 bridgehead atoms. The Morgan fingerprint density at radius 3 is 2.56 bits per heavy atom. The van der Waals surface area contributed by atoms with Gasteiger partial charge in [0.15, 0.2) is 0 Å². The predicted molar refractivity (Wildman–Crippen MR) is 78.2 cm³/mol. The molecule has 2 aromatic rings. The molecule has 2 rings (SSSR count). The normalized spacial score (nSPS) is 11.4. The Morgan fingerprint density at radius 1 is 0.944 bits per heavy atom. The molecule has 0 aliphatic rings. The van der Waals surface area contributed by atoms with Crippen LogP contribution < -0.4 is 0 Å². The fourth-order valence-electron chi connectivity index (χ4n) is 1.73. The van der Waals surface area contributed by atoms with Crippen LogP contribution in [0.5, 0.6) is 0 Å². The second-order valence-electron chi connectivity index (χ2n) is 4.33. The molecule has 0 atom stereocenters. The van der Waals surface area contributed by atoms with Gasteiger partial charge in [-0.1, -0.05) is 48.1 Å². The average Bonchev–Trinajstić information content (AvgIpc) is 2.40. The van der Waals surface area contributed by atoms with Crippen LogP contribution in [0.15, 0.2) is 54.7 Å². The van der Waals surface area contributed by atoms with E-state index in [1.807, 2.05) is 30.4 Å². The van der Waals surface area contributed by atoms with Gasteiger partial charge in [-0.25, -0.2) is 0 Å². The van der Waals surface area contributed by atoms with Gasteiger partial charge in [-0.3, -0.25) is 4.98 Å². The molecule has 1 aromatic carbocycles. The molecule has 0 N–H and O–H groups in total. The van der Waals surface area contributed by atoms with Crippen molar-refractivity contribution in [3.05, 3.63) is 77.1 Å². The molecule has 0 radical (unpaired) electrons. The lowest BCUT2D eigenvalue weighted by Crippen LogP contribution is -1.81. The molecule has 0 aliphatic carbocycles. The lowest BCUT2D eigenvalue weighted by Gasteiger charge is -2.00. The summed E-state index contributed by atoms with van der Waals surface area (Å²) in [7, 11) is 0. The maximum Gasteiger partial charge on any atom is 0.0629 e. The van der Waals surface area contributed by atoms with E-state index >= 15 is 0 Å². The number of hydrogen-bond acceptors (Lipinski definition) is 1. The second kappa shape index (κ2) is 5.97. The van der Waals surface area contributed by atoms with Gasteiger partial charge < -0.3 is 0 Å². The minimum absolute atomic E-state index is 0.975. The minimum Gasteiger partial charge on any atom is -0.257 e. The third-order valence-corrected chi connectivity index (χ3v) is 2.78. The van der Waals surface area contributed by atoms with Crippen molar-refractivity contribution >= 4 is 12.2 Å². The fourth-order valence-corrected chi connectivity index (χ4v) is 1.73. The molecule has 90 valence electrons. The molecule has 1 aromatic heterocycles. The Labute approximate surface area is 109 Å². The highest BCUT2D eigenvalue weighted by Gasteiger charge is 1.92. The molecule has 1 heteroatoms. The number of aryl methyl sites for hydroxylation is 2. The van der Waals surface area contributed by atoms with Crippen LogP contribution in [0.1, 0.15) is 22.4 Å². The smallest absolute Gasteiger partial charge is 0.0629 e. The summed E-state index contributed by atoms with van der Waals surface area (Å²) >= 11 is 0. The average molecular weight is 235 g/mol. The fraction of sp³-hybridized carbons (Fsp3) is 0.118. The lowest BCUT2D eigenvalue weighted by molar-refractivity contribution is 1.30. The van der Waals surface area contributed by atoms with E-state index in [9.17, 15) is 0 Å². The first-order valence-electron chi connectivity index (χ1n) is 6.09. The van der Waals surface area contributed by atoms with Gasteiger partial charge in [0.05, 0.1) is 5.69 Å². The summed E-state index contributed by atoms with van der Waals surface area (Å²) in [6.07, 6.45) is 10.00. The molecule has 0 saturated heterocycles. The van der Waals surface area contributed by atoms with Gasteiger partial charge in [0.25, 0.3) is 0 Å². The third-order valence-electron chi connectivity index (χ3n) is 2.78. The maximum absolute atomic E-state index is 4.23. The largest absolute Gasteiger partial charge is 0.257 e. The van der Waals surface area contributed by atoms with Crippen LogP contribution in [-0.4, -0.2) is 4.98 Å². The maximum atomic E-state index is 4.23. The number of pyridine rings is 1. The van der Waals surface area contributed by atoms with Crippen LogP contribution in [-0.2, 0) is 0 Å². The summed E-state index contributed by atoms with van der Waals surface area (Å²) in [4.78, 5) is 4.23. The Morgan fingerprint density at radius 2 is 1.78 bits per heavy atom. The Bertz CT molecular complexity index is 565. The van der Waals surface area contributed by atoms with Crippen molar-refractivity contribution < 1.29 is 0 Å². The van der Waals surface area contributed by atoms with Crippen molar-refractivity contribution in [2.75, 3.05) is 0 Å². The second-order valence-corrected chi connectivity index (χ2v) is 4.33. The first kappa shape index (κ1) is 12.3. The van der Waals surface area contributed by atoms with E-state index in [-0.39, 0.29) is 0 Å². The lowest BCUT2D eigenvalue weighted by atomic mass is 10.1. The van der Waals surface area contributed by atoms with Gasteiger partial charge in [-0.2, -0.15) is 0 Å². The molecule has 18 heavy (non-hydrogen) atoms. The zero-order chi connectivity index (χ0) is 12.8. The third kappa shape index (κ3) is 3.42. The molecule has 0 spiro atoms. The zero-order valence-corrected chi connectivity index (χ0v) is 10.8. The quantitative estimate of drug-likeness (QED) is 0.717. The van der Waals surface area contributed by atoms with Crippen LogP contribution >= 0.6 is 0 Å². The first-order chi connectivity index (χ1) is 8.75. The van der Waals surface area contributed by atoms with E-state index in [0.29, 0.717) is 0 Å². The van der Waals surface area contributed by atoms with Crippen molar-refractivity contribution in [1.82, 2.24) is 4.98 Å². The van der Waals surface area contributed by atoms with Gasteiger partial charge in [-0.15, -0.1) is 0 Å². The molecule has 0 saturated carbocycles. The van der Waals surface area contributed by atoms with E-state index in [1.54, 1.807) is 6.20 Å². The molecular weight excluding hydrogens is 218 g/mol. The Hall–Kier alpha value is -2.15. The van der Waals surface area contributed by atoms with E-state index < -0.39 is 0 Å². The number of rotatable bonds is 3. The number of nitrogens with zero attached hydrogens (tertiary/aromatic N) is 1. The Kier molecular flexibility index (Phi) is 4.08. The first-order valence-corrected chi connectivity index (χ1v) is 6.09. The van der Waals surface area contributed by atoms with E-state index in [1.165, 1.54) is 16.7 Å². The van der Waals surface area contributed by atoms with E-state index in [2.05, 4.69) is 49.2 Å². The number of aromatic nitrogens is 1. The number of allylic oxidation sites excluding steroid dienone is 2. The van der Waals surface area contributed by atoms with Crippen LogP contribution in [0.4, 0.5) is 0 Å². The standard InChI is InChI=1S/C17H17N/c1-14-10-11-15(2)16(13-14)7-3-4-8-17-9-5-6-12-18-17/h3-13H,1-2H3/b7-3+,8-4+. The highest BCUT2D eigenvalue weighted by atomic mass is 14.6. The molecule has 0 fully saturated rings. The summed E-state index contributed by atoms with van der Waals surface area (Å²) in [6, 6.07) is 12.4. The van der Waals surface area contributed by atoms with Gasteiger partial charge in [0.1, 0.15) is 0 Å². The summed E-state index contributed by atoms with van der Waals surface area (Å²) < 4.78 is 0. The predicted octanol–water partition coefficient (Wildman–Crippen LogP) is 4.43. The number of benzene rings is 1. The van der Waals surface area contributed by atoms with Crippen molar-refractivity contribution in [2.45, 2.75) is 13.8 Å². The topological polar surface area (TPSA) is 12.9 Å². The van der Waals surface area contributed by atoms with Gasteiger partial charge in [0, 0.05) is 6.20 Å². The molecular formula is C17H17N. The van der Waals surface area contributed by atoms with Crippen molar-refractivity contribution in [3.8, 4) is 0 Å². The van der Waals surface area contributed by atoms with Crippen LogP contribution in [0, 0.1) is 13.8 Å². The highest BCUT2D eigenvalue weighted by molar-refractivity contribution is 5.58.